The Bertz CT molecular complexity index is 978. The summed E-state index contributed by atoms with van der Waals surface area (Å²) in [5.41, 5.74) is 2.42. The van der Waals surface area contributed by atoms with Gasteiger partial charge in [0.2, 0.25) is 12.7 Å². The number of carbonyl (C=O) groups excluding carboxylic acids is 2. The molecule has 30 heavy (non-hydrogen) atoms. The van der Waals surface area contributed by atoms with Crippen molar-refractivity contribution in [1.29, 1.82) is 0 Å². The zero-order chi connectivity index (χ0) is 20.9. The van der Waals surface area contributed by atoms with Crippen LogP contribution in [-0.2, 0) is 22.4 Å². The van der Waals surface area contributed by atoms with Crippen molar-refractivity contribution in [3.63, 3.8) is 0 Å². The molecular weight excluding hydrogens is 402 g/mol. The van der Waals surface area contributed by atoms with E-state index in [0.29, 0.717) is 28.7 Å². The molecule has 7 heteroatoms. The molecule has 6 nitrogen and oxygen atoms in total. The number of aryl methyl sites for hydroxylation is 1. The Labute approximate surface area is 179 Å². The monoisotopic (exact) mass is 427 g/mol. The first-order valence-electron chi connectivity index (χ1n) is 10.4. The standard InChI is InChI=1S/C23H25NO5S/c1-2-12-27-23(26)21-16-6-4-3-5-7-19(16)30-22(21)24-20(25)11-9-15-8-10-17-18(13-15)29-14-28-17/h8-11,13H,2-7,12,14H2,1H3,(H,24,25)/b11-9+. The normalized spacial score (nSPS) is 15.0. The Morgan fingerprint density at radius 1 is 1.17 bits per heavy atom. The van der Waals surface area contributed by atoms with Gasteiger partial charge in [-0.3, -0.25) is 4.79 Å². The fourth-order valence-electron chi connectivity index (χ4n) is 3.66. The van der Waals surface area contributed by atoms with E-state index in [9.17, 15) is 9.59 Å². The van der Waals surface area contributed by atoms with Gasteiger partial charge in [0.1, 0.15) is 5.00 Å². The quantitative estimate of drug-likeness (QED) is 0.400. The molecule has 0 unspecified atom stereocenters. The number of benzene rings is 1. The van der Waals surface area contributed by atoms with Crippen LogP contribution in [0.1, 0.15) is 59.0 Å². The third kappa shape index (κ3) is 4.51. The number of hydrogen-bond acceptors (Lipinski definition) is 6. The van der Waals surface area contributed by atoms with E-state index in [4.69, 9.17) is 14.2 Å². The average molecular weight is 428 g/mol. The Hall–Kier alpha value is -2.80. The molecule has 1 aromatic carbocycles. The van der Waals surface area contributed by atoms with Crippen molar-refractivity contribution < 1.29 is 23.8 Å². The van der Waals surface area contributed by atoms with Crippen LogP contribution in [0.25, 0.3) is 6.08 Å². The van der Waals surface area contributed by atoms with Gasteiger partial charge in [-0.2, -0.15) is 0 Å². The van der Waals surface area contributed by atoms with Crippen molar-refractivity contribution in [2.45, 2.75) is 45.4 Å². The van der Waals surface area contributed by atoms with Gasteiger partial charge in [-0.05, 0) is 61.4 Å². The summed E-state index contributed by atoms with van der Waals surface area (Å²) in [5, 5.41) is 3.49. The summed E-state index contributed by atoms with van der Waals surface area (Å²) in [6.07, 6.45) is 9.04. The fourth-order valence-corrected chi connectivity index (χ4v) is 4.94. The molecule has 2 aromatic rings. The van der Waals surface area contributed by atoms with Crippen molar-refractivity contribution >= 4 is 34.3 Å². The topological polar surface area (TPSA) is 73.9 Å². The van der Waals surface area contributed by atoms with Gasteiger partial charge in [0.25, 0.3) is 0 Å². The number of anilines is 1. The molecule has 1 aliphatic heterocycles. The van der Waals surface area contributed by atoms with Crippen molar-refractivity contribution in [3.8, 4) is 11.5 Å². The first-order valence-corrected chi connectivity index (χ1v) is 11.2. The zero-order valence-corrected chi connectivity index (χ0v) is 17.8. The number of carbonyl (C=O) groups is 2. The summed E-state index contributed by atoms with van der Waals surface area (Å²) in [6.45, 7) is 2.55. The summed E-state index contributed by atoms with van der Waals surface area (Å²) >= 11 is 1.50. The number of rotatable bonds is 6. The highest BCUT2D eigenvalue weighted by Gasteiger charge is 2.26. The number of fused-ring (bicyclic) bond motifs is 2. The van der Waals surface area contributed by atoms with Crippen LogP contribution in [0.4, 0.5) is 5.00 Å². The maximum atomic E-state index is 12.7. The van der Waals surface area contributed by atoms with Gasteiger partial charge < -0.3 is 19.5 Å². The van der Waals surface area contributed by atoms with Gasteiger partial charge >= 0.3 is 5.97 Å². The minimum absolute atomic E-state index is 0.211. The van der Waals surface area contributed by atoms with E-state index in [2.05, 4.69) is 5.32 Å². The molecule has 0 bridgehead atoms. The number of thiophene rings is 1. The van der Waals surface area contributed by atoms with Crippen molar-refractivity contribution in [2.24, 2.45) is 0 Å². The van der Waals surface area contributed by atoms with Crippen LogP contribution in [0.2, 0.25) is 0 Å². The van der Waals surface area contributed by atoms with Crippen LogP contribution in [0.3, 0.4) is 0 Å². The van der Waals surface area contributed by atoms with Gasteiger partial charge in [-0.15, -0.1) is 11.3 Å². The lowest BCUT2D eigenvalue weighted by atomic mass is 10.1. The molecule has 0 saturated heterocycles. The third-order valence-electron chi connectivity index (χ3n) is 5.12. The third-order valence-corrected chi connectivity index (χ3v) is 6.33. The number of ether oxygens (including phenoxy) is 3. The molecular formula is C23H25NO5S. The van der Waals surface area contributed by atoms with Crippen LogP contribution in [-0.4, -0.2) is 25.3 Å². The van der Waals surface area contributed by atoms with E-state index in [1.54, 1.807) is 6.08 Å². The first-order chi connectivity index (χ1) is 14.7. The molecule has 0 fully saturated rings. The van der Waals surface area contributed by atoms with Crippen LogP contribution < -0.4 is 14.8 Å². The smallest absolute Gasteiger partial charge is 0.341 e. The second-order valence-electron chi connectivity index (χ2n) is 7.34. The highest BCUT2D eigenvalue weighted by Crippen LogP contribution is 2.38. The van der Waals surface area contributed by atoms with E-state index in [1.807, 2.05) is 25.1 Å². The largest absolute Gasteiger partial charge is 0.462 e. The van der Waals surface area contributed by atoms with Crippen molar-refractivity contribution in [2.75, 3.05) is 18.7 Å². The minimum atomic E-state index is -0.341. The zero-order valence-electron chi connectivity index (χ0n) is 17.0. The lowest BCUT2D eigenvalue weighted by Crippen LogP contribution is -2.13. The van der Waals surface area contributed by atoms with Gasteiger partial charge in [0.15, 0.2) is 11.5 Å². The van der Waals surface area contributed by atoms with E-state index < -0.39 is 0 Å². The molecule has 1 N–H and O–H groups in total. The average Bonchev–Trinajstić information content (AvgIpc) is 3.27. The summed E-state index contributed by atoms with van der Waals surface area (Å²) in [5.74, 6) is 0.743. The molecule has 0 radical (unpaired) electrons. The summed E-state index contributed by atoms with van der Waals surface area (Å²) < 4.78 is 16.1. The SMILES string of the molecule is CCCOC(=O)c1c(NC(=O)/C=C/c2ccc3c(c2)OCO3)sc2c1CCCCC2. The highest BCUT2D eigenvalue weighted by molar-refractivity contribution is 7.17. The molecule has 0 atom stereocenters. The predicted molar refractivity (Wildman–Crippen MR) is 116 cm³/mol. The Morgan fingerprint density at radius 2 is 2.00 bits per heavy atom. The highest BCUT2D eigenvalue weighted by atomic mass is 32.1. The fraction of sp³-hybridized carbons (Fsp3) is 0.391. The van der Waals surface area contributed by atoms with E-state index in [-0.39, 0.29) is 18.7 Å². The molecule has 0 spiro atoms. The van der Waals surface area contributed by atoms with Crippen LogP contribution in [0, 0.1) is 0 Å². The first kappa shape index (κ1) is 20.5. The lowest BCUT2D eigenvalue weighted by molar-refractivity contribution is -0.111. The summed E-state index contributed by atoms with van der Waals surface area (Å²) in [6, 6.07) is 5.50. The maximum Gasteiger partial charge on any atom is 0.341 e. The second-order valence-corrected chi connectivity index (χ2v) is 8.44. The van der Waals surface area contributed by atoms with Crippen LogP contribution in [0.5, 0.6) is 11.5 Å². The molecule has 158 valence electrons. The maximum absolute atomic E-state index is 12.7. The Morgan fingerprint density at radius 3 is 2.87 bits per heavy atom. The molecule has 2 aliphatic rings. The van der Waals surface area contributed by atoms with Gasteiger partial charge in [-0.1, -0.05) is 19.4 Å². The minimum Gasteiger partial charge on any atom is -0.462 e. The summed E-state index contributed by atoms with van der Waals surface area (Å²) in [4.78, 5) is 26.5. The Balaban J connectivity index is 1.52. The lowest BCUT2D eigenvalue weighted by Gasteiger charge is -2.08. The van der Waals surface area contributed by atoms with E-state index in [1.165, 1.54) is 22.3 Å². The van der Waals surface area contributed by atoms with Crippen LogP contribution >= 0.6 is 11.3 Å². The number of hydrogen-bond donors (Lipinski definition) is 1. The van der Waals surface area contributed by atoms with Crippen molar-refractivity contribution in [1.82, 2.24) is 0 Å². The molecule has 1 aliphatic carbocycles. The van der Waals surface area contributed by atoms with E-state index >= 15 is 0 Å². The van der Waals surface area contributed by atoms with Gasteiger partial charge in [0, 0.05) is 11.0 Å². The number of nitrogens with one attached hydrogen (secondary N) is 1. The molecule has 0 saturated carbocycles. The van der Waals surface area contributed by atoms with Crippen LogP contribution in [0.15, 0.2) is 24.3 Å². The number of amides is 1. The predicted octanol–water partition coefficient (Wildman–Crippen LogP) is 4.96. The van der Waals surface area contributed by atoms with Gasteiger partial charge in [-0.25, -0.2) is 4.79 Å². The molecule has 4 rings (SSSR count). The number of esters is 1. The van der Waals surface area contributed by atoms with Gasteiger partial charge in [0.05, 0.1) is 12.2 Å². The molecule has 1 aromatic heterocycles. The second kappa shape index (κ2) is 9.34. The molecule has 1 amide bonds. The van der Waals surface area contributed by atoms with E-state index in [0.717, 1.165) is 49.7 Å². The Kier molecular flexibility index (Phi) is 6.38. The summed E-state index contributed by atoms with van der Waals surface area (Å²) in [7, 11) is 0. The molecule has 2 heterocycles. The van der Waals surface area contributed by atoms with Crippen molar-refractivity contribution in [3.05, 3.63) is 45.8 Å².